The van der Waals surface area contributed by atoms with Crippen molar-refractivity contribution in [3.05, 3.63) is 106 Å². The van der Waals surface area contributed by atoms with Crippen molar-refractivity contribution in [2.45, 2.75) is 79.1 Å². The fourth-order valence-electron chi connectivity index (χ4n) is 6.02. The molecule has 3 aromatic carbocycles. The molecule has 0 amide bonds. The SMILES string of the molecule is [2H]C([2H])([2H])[C@@H]1COC(c2cc(Oc3cc(C)cc(N4c5ccc(C(C)(C)C)cc5C(C)(C)c5cccnc54)c3)c(C)cc2C)=N1. The topological polar surface area (TPSA) is 47.0 Å². The van der Waals surface area contributed by atoms with Gasteiger partial charge in [0.2, 0.25) is 5.90 Å². The van der Waals surface area contributed by atoms with Crippen LogP contribution in [0.3, 0.4) is 0 Å². The molecule has 0 bridgehead atoms. The first-order valence-electron chi connectivity index (χ1n) is 16.1. The Labute approximate surface area is 254 Å². The van der Waals surface area contributed by atoms with Gasteiger partial charge in [0, 0.05) is 32.9 Å². The minimum Gasteiger partial charge on any atom is -0.475 e. The number of ether oxygens (including phenoxy) is 2. The molecule has 1 atom stereocenters. The van der Waals surface area contributed by atoms with Gasteiger partial charge in [0.25, 0.3) is 0 Å². The van der Waals surface area contributed by atoms with Crippen LogP contribution in [0.2, 0.25) is 0 Å². The summed E-state index contributed by atoms with van der Waals surface area (Å²) in [4.78, 5) is 11.5. The largest absolute Gasteiger partial charge is 0.475 e. The van der Waals surface area contributed by atoms with Crippen molar-refractivity contribution in [1.29, 1.82) is 0 Å². The van der Waals surface area contributed by atoms with Gasteiger partial charge in [-0.15, -0.1) is 0 Å². The molecule has 42 heavy (non-hydrogen) atoms. The van der Waals surface area contributed by atoms with Crippen LogP contribution in [0.4, 0.5) is 17.2 Å². The van der Waals surface area contributed by atoms with Crippen molar-refractivity contribution >= 4 is 23.1 Å². The van der Waals surface area contributed by atoms with Crippen LogP contribution in [-0.2, 0) is 15.6 Å². The Kier molecular flexibility index (Phi) is 5.83. The van der Waals surface area contributed by atoms with E-state index in [0.29, 0.717) is 17.4 Å². The molecule has 0 saturated heterocycles. The molecule has 3 heterocycles. The quantitative estimate of drug-likeness (QED) is 0.249. The molecule has 0 N–H and O–H groups in total. The van der Waals surface area contributed by atoms with E-state index in [1.165, 1.54) is 16.7 Å². The summed E-state index contributed by atoms with van der Waals surface area (Å²) in [5.41, 5.74) is 9.23. The van der Waals surface area contributed by atoms with Crippen LogP contribution >= 0.6 is 0 Å². The molecule has 1 aromatic heterocycles. The van der Waals surface area contributed by atoms with E-state index in [1.54, 1.807) is 0 Å². The maximum atomic E-state index is 7.75. The van der Waals surface area contributed by atoms with Gasteiger partial charge >= 0.3 is 0 Å². The Morgan fingerprint density at radius 1 is 0.976 bits per heavy atom. The lowest BCUT2D eigenvalue weighted by Gasteiger charge is -2.41. The van der Waals surface area contributed by atoms with Gasteiger partial charge in [-0.05, 0) is 91.2 Å². The second-order valence-electron chi connectivity index (χ2n) is 13.1. The lowest BCUT2D eigenvalue weighted by molar-refractivity contribution is 0.324. The summed E-state index contributed by atoms with van der Waals surface area (Å²) in [5.74, 6) is 2.59. The molecule has 5 heteroatoms. The molecule has 216 valence electrons. The first kappa shape index (κ1) is 24.5. The summed E-state index contributed by atoms with van der Waals surface area (Å²) in [6.45, 7) is 15.2. The molecule has 0 radical (unpaired) electrons. The second kappa shape index (κ2) is 10.0. The summed E-state index contributed by atoms with van der Waals surface area (Å²) < 4.78 is 35.6. The number of hydrogen-bond donors (Lipinski definition) is 0. The highest BCUT2D eigenvalue weighted by molar-refractivity contribution is 5.97. The standard InChI is InChI=1S/C37H41N3O2/c1-22-15-27(19-28(16-22)42-33-20-29(23(2)17-24(33)3)35-39-25(4)21-41-35)40-32-13-12-26(36(5,6)7)18-31(32)37(8,9)30-11-10-14-38-34(30)40/h10-20,25H,21H2,1-9H3/t25-/m1/s1/i4D3. The third-order valence-corrected chi connectivity index (χ3v) is 8.37. The van der Waals surface area contributed by atoms with Crippen LogP contribution < -0.4 is 9.64 Å². The van der Waals surface area contributed by atoms with Gasteiger partial charge in [-0.1, -0.05) is 58.9 Å². The minimum atomic E-state index is -2.21. The van der Waals surface area contributed by atoms with Gasteiger partial charge < -0.3 is 9.47 Å². The Balaban J connectivity index is 1.43. The molecule has 0 spiro atoms. The average Bonchev–Trinajstić information content (AvgIpc) is 3.45. The van der Waals surface area contributed by atoms with Gasteiger partial charge in [0.15, 0.2) is 0 Å². The van der Waals surface area contributed by atoms with Crippen molar-refractivity contribution in [3.63, 3.8) is 0 Å². The van der Waals surface area contributed by atoms with Crippen molar-refractivity contribution in [2.24, 2.45) is 4.99 Å². The van der Waals surface area contributed by atoms with Gasteiger partial charge in [-0.25, -0.2) is 9.98 Å². The number of fused-ring (bicyclic) bond motifs is 2. The molecule has 0 fully saturated rings. The van der Waals surface area contributed by atoms with E-state index < -0.39 is 12.9 Å². The van der Waals surface area contributed by atoms with Crippen LogP contribution in [0, 0.1) is 20.8 Å². The number of benzene rings is 3. The Hall–Kier alpha value is -4.12. The molecule has 6 rings (SSSR count). The summed E-state index contributed by atoms with van der Waals surface area (Å²) in [7, 11) is 0. The van der Waals surface area contributed by atoms with E-state index in [0.717, 1.165) is 39.4 Å². The molecule has 0 saturated carbocycles. The van der Waals surface area contributed by atoms with Crippen LogP contribution in [0.25, 0.3) is 0 Å². The number of aromatic nitrogens is 1. The summed E-state index contributed by atoms with van der Waals surface area (Å²) in [6, 6.07) is 20.3. The van der Waals surface area contributed by atoms with Crippen molar-refractivity contribution in [2.75, 3.05) is 11.5 Å². The van der Waals surface area contributed by atoms with Crippen molar-refractivity contribution in [3.8, 4) is 11.5 Å². The summed E-state index contributed by atoms with van der Waals surface area (Å²) in [5, 5.41) is 0. The maximum Gasteiger partial charge on any atom is 0.216 e. The highest BCUT2D eigenvalue weighted by Crippen LogP contribution is 2.52. The molecule has 0 aliphatic carbocycles. The van der Waals surface area contributed by atoms with Gasteiger partial charge in [0.05, 0.1) is 17.4 Å². The first-order chi connectivity index (χ1) is 21.0. The highest BCUT2D eigenvalue weighted by Gasteiger charge is 2.38. The average molecular weight is 563 g/mol. The van der Waals surface area contributed by atoms with Crippen LogP contribution in [0.1, 0.15) is 84.5 Å². The molecule has 2 aliphatic rings. The number of nitrogens with zero attached hydrogens (tertiary/aromatic N) is 3. The van der Waals surface area contributed by atoms with Gasteiger partial charge in [-0.3, -0.25) is 4.90 Å². The summed E-state index contributed by atoms with van der Waals surface area (Å²) >= 11 is 0. The van der Waals surface area contributed by atoms with E-state index >= 15 is 0 Å². The third-order valence-electron chi connectivity index (χ3n) is 8.37. The molecule has 4 aromatic rings. The number of aliphatic imine (C=N–C) groups is 1. The Morgan fingerprint density at radius 3 is 2.52 bits per heavy atom. The van der Waals surface area contributed by atoms with Crippen molar-refractivity contribution < 1.29 is 13.6 Å². The van der Waals surface area contributed by atoms with E-state index in [9.17, 15) is 0 Å². The van der Waals surface area contributed by atoms with E-state index in [1.807, 2.05) is 44.3 Å². The zero-order chi connectivity index (χ0) is 32.5. The fraction of sp³-hybridized carbons (Fsp3) is 0.351. The Bertz CT molecular complexity index is 1840. The third kappa shape index (κ3) is 4.85. The molecular formula is C37H41N3O2. The van der Waals surface area contributed by atoms with Crippen LogP contribution in [0.5, 0.6) is 11.5 Å². The second-order valence-corrected chi connectivity index (χ2v) is 13.1. The van der Waals surface area contributed by atoms with E-state index in [2.05, 4.69) is 87.8 Å². The lowest BCUT2D eigenvalue weighted by atomic mass is 9.72. The zero-order valence-corrected chi connectivity index (χ0v) is 25.8. The van der Waals surface area contributed by atoms with E-state index in [-0.39, 0.29) is 17.4 Å². The Morgan fingerprint density at radius 2 is 1.79 bits per heavy atom. The monoisotopic (exact) mass is 562 g/mol. The van der Waals surface area contributed by atoms with E-state index in [4.69, 9.17) is 18.6 Å². The molecule has 2 aliphatic heterocycles. The van der Waals surface area contributed by atoms with Gasteiger partial charge in [0.1, 0.15) is 23.9 Å². The van der Waals surface area contributed by atoms with Crippen molar-refractivity contribution in [1.82, 2.24) is 4.98 Å². The molecular weight excluding hydrogens is 518 g/mol. The number of hydrogen-bond acceptors (Lipinski definition) is 5. The number of anilines is 3. The molecule has 5 nitrogen and oxygen atoms in total. The highest BCUT2D eigenvalue weighted by atomic mass is 16.5. The maximum absolute atomic E-state index is 7.75. The van der Waals surface area contributed by atoms with Gasteiger partial charge in [-0.2, -0.15) is 0 Å². The fourth-order valence-corrected chi connectivity index (χ4v) is 6.02. The predicted molar refractivity (Wildman–Crippen MR) is 172 cm³/mol. The molecule has 0 unspecified atom stereocenters. The number of aryl methyl sites for hydroxylation is 3. The summed E-state index contributed by atoms with van der Waals surface area (Å²) in [6.07, 6.45) is 1.85. The predicted octanol–water partition coefficient (Wildman–Crippen LogP) is 9.37. The number of rotatable bonds is 4. The first-order valence-corrected chi connectivity index (χ1v) is 14.6. The number of pyridine rings is 1. The lowest BCUT2D eigenvalue weighted by Crippen LogP contribution is -2.32. The minimum absolute atomic E-state index is 0.0169. The smallest absolute Gasteiger partial charge is 0.216 e. The van der Waals surface area contributed by atoms with Crippen LogP contribution in [-0.4, -0.2) is 23.5 Å². The van der Waals surface area contributed by atoms with Crippen LogP contribution in [0.15, 0.2) is 71.9 Å². The zero-order valence-electron chi connectivity index (χ0n) is 28.8. The normalized spacial score (nSPS) is 18.7.